The summed E-state index contributed by atoms with van der Waals surface area (Å²) in [7, 11) is 0. The van der Waals surface area contributed by atoms with E-state index in [1.165, 1.54) is 6.07 Å². The highest BCUT2D eigenvalue weighted by Crippen LogP contribution is 2.39. The fourth-order valence-electron chi connectivity index (χ4n) is 1.94. The lowest BCUT2D eigenvalue weighted by atomic mass is 10.3. The van der Waals surface area contributed by atoms with Crippen molar-refractivity contribution in [3.8, 4) is 0 Å². The summed E-state index contributed by atoms with van der Waals surface area (Å²) in [5, 5.41) is 1.30. The average Bonchev–Trinajstić information content (AvgIpc) is 3.06. The molecule has 1 aliphatic carbocycles. The molecule has 0 aliphatic heterocycles. The third kappa shape index (κ3) is 2.33. The highest BCUT2D eigenvalue weighted by Gasteiger charge is 2.29. The minimum absolute atomic E-state index is 0.0806. The van der Waals surface area contributed by atoms with Crippen molar-refractivity contribution in [2.45, 2.75) is 32.2 Å². The highest BCUT2D eigenvalue weighted by atomic mass is 35.5. The Balaban J connectivity index is 2.02. The Labute approximate surface area is 113 Å². The fraction of sp³-hybridized carbons (Fsp3) is 0.417. The Morgan fingerprint density at radius 1 is 1.56 bits per heavy atom. The molecule has 0 spiro atoms. The standard InChI is InChI=1S/C12H12ClN3OS/c1-7-14-5-9(18-7)6-16-11(17)4-10(13)15-12(16)8-2-3-8/h4-5,8H,2-3,6H2,1H3. The van der Waals surface area contributed by atoms with Gasteiger partial charge >= 0.3 is 0 Å². The second kappa shape index (κ2) is 4.48. The summed E-state index contributed by atoms with van der Waals surface area (Å²) in [5.74, 6) is 1.21. The summed E-state index contributed by atoms with van der Waals surface area (Å²) in [6.07, 6.45) is 4.00. The van der Waals surface area contributed by atoms with Gasteiger partial charge in [-0.2, -0.15) is 0 Å². The molecule has 2 heterocycles. The maximum absolute atomic E-state index is 12.0. The van der Waals surface area contributed by atoms with Crippen molar-refractivity contribution < 1.29 is 0 Å². The van der Waals surface area contributed by atoms with Gasteiger partial charge in [-0.1, -0.05) is 11.6 Å². The van der Waals surface area contributed by atoms with Crippen LogP contribution in [0.1, 0.15) is 34.5 Å². The fourth-order valence-corrected chi connectivity index (χ4v) is 2.90. The second-order valence-corrected chi connectivity index (χ2v) is 6.19. The van der Waals surface area contributed by atoms with Crippen LogP contribution in [0.3, 0.4) is 0 Å². The SMILES string of the molecule is Cc1ncc(Cn2c(C3CC3)nc(Cl)cc2=O)s1. The van der Waals surface area contributed by atoms with Crippen LogP contribution in [0.5, 0.6) is 0 Å². The summed E-state index contributed by atoms with van der Waals surface area (Å²) in [4.78, 5) is 21.6. The van der Waals surface area contributed by atoms with Gasteiger partial charge in [0.2, 0.25) is 0 Å². The average molecular weight is 282 g/mol. The monoisotopic (exact) mass is 281 g/mol. The smallest absolute Gasteiger partial charge is 0.255 e. The summed E-state index contributed by atoms with van der Waals surface area (Å²) in [6, 6.07) is 1.38. The molecular formula is C12H12ClN3OS. The zero-order valence-corrected chi connectivity index (χ0v) is 11.5. The van der Waals surface area contributed by atoms with Crippen molar-refractivity contribution in [2.24, 2.45) is 0 Å². The number of aromatic nitrogens is 3. The zero-order chi connectivity index (χ0) is 12.7. The van der Waals surface area contributed by atoms with Crippen LogP contribution in [0, 0.1) is 6.92 Å². The van der Waals surface area contributed by atoms with E-state index in [1.54, 1.807) is 15.9 Å². The van der Waals surface area contributed by atoms with Crippen molar-refractivity contribution in [3.05, 3.63) is 43.5 Å². The van der Waals surface area contributed by atoms with Gasteiger partial charge in [0.1, 0.15) is 11.0 Å². The molecule has 0 amide bonds. The van der Waals surface area contributed by atoms with E-state index in [1.807, 2.05) is 13.1 Å². The molecule has 0 N–H and O–H groups in total. The number of hydrogen-bond acceptors (Lipinski definition) is 4. The van der Waals surface area contributed by atoms with Gasteiger partial charge in [0.05, 0.1) is 11.6 Å². The third-order valence-electron chi connectivity index (χ3n) is 2.93. The molecule has 1 aliphatic rings. The maximum atomic E-state index is 12.0. The van der Waals surface area contributed by atoms with Gasteiger partial charge in [-0.25, -0.2) is 9.97 Å². The zero-order valence-electron chi connectivity index (χ0n) is 9.89. The highest BCUT2D eigenvalue weighted by molar-refractivity contribution is 7.11. The number of halogens is 1. The second-order valence-electron chi connectivity index (χ2n) is 4.48. The lowest BCUT2D eigenvalue weighted by molar-refractivity contribution is 0.675. The van der Waals surface area contributed by atoms with Crippen molar-refractivity contribution in [2.75, 3.05) is 0 Å². The van der Waals surface area contributed by atoms with E-state index < -0.39 is 0 Å². The topological polar surface area (TPSA) is 47.8 Å². The Morgan fingerprint density at radius 2 is 2.33 bits per heavy atom. The van der Waals surface area contributed by atoms with E-state index in [4.69, 9.17) is 11.6 Å². The molecule has 6 heteroatoms. The molecule has 0 aromatic carbocycles. The van der Waals surface area contributed by atoms with Crippen molar-refractivity contribution in [1.29, 1.82) is 0 Å². The minimum atomic E-state index is -0.0806. The normalized spacial score (nSPS) is 15.0. The molecule has 0 bridgehead atoms. The molecule has 0 unspecified atom stereocenters. The van der Waals surface area contributed by atoms with Gasteiger partial charge in [-0.15, -0.1) is 11.3 Å². The van der Waals surface area contributed by atoms with E-state index in [-0.39, 0.29) is 5.56 Å². The quantitative estimate of drug-likeness (QED) is 0.813. The Kier molecular flexibility index (Phi) is 2.95. The van der Waals surface area contributed by atoms with Crippen LogP contribution in [0.25, 0.3) is 0 Å². The first-order valence-electron chi connectivity index (χ1n) is 5.82. The molecule has 1 saturated carbocycles. The number of nitrogens with zero attached hydrogens (tertiary/aromatic N) is 3. The largest absolute Gasteiger partial charge is 0.291 e. The molecule has 18 heavy (non-hydrogen) atoms. The lowest BCUT2D eigenvalue weighted by Crippen LogP contribution is -2.24. The molecular weight excluding hydrogens is 270 g/mol. The van der Waals surface area contributed by atoms with Crippen LogP contribution in [-0.2, 0) is 6.54 Å². The predicted molar refractivity (Wildman–Crippen MR) is 71.4 cm³/mol. The van der Waals surface area contributed by atoms with Gasteiger partial charge < -0.3 is 0 Å². The van der Waals surface area contributed by atoms with Gasteiger partial charge in [0.15, 0.2) is 0 Å². The van der Waals surface area contributed by atoms with E-state index >= 15 is 0 Å². The summed E-state index contributed by atoms with van der Waals surface area (Å²) < 4.78 is 1.72. The number of hydrogen-bond donors (Lipinski definition) is 0. The molecule has 94 valence electrons. The predicted octanol–water partition coefficient (Wildman–Crippen LogP) is 2.59. The van der Waals surface area contributed by atoms with Crippen LogP contribution in [0.4, 0.5) is 0 Å². The Bertz CT molecular complexity index is 645. The van der Waals surface area contributed by atoms with Crippen molar-refractivity contribution >= 4 is 22.9 Å². The minimum Gasteiger partial charge on any atom is -0.291 e. The summed E-state index contributed by atoms with van der Waals surface area (Å²) in [5.41, 5.74) is -0.0806. The van der Waals surface area contributed by atoms with E-state index in [0.29, 0.717) is 17.6 Å². The van der Waals surface area contributed by atoms with Crippen LogP contribution in [0.2, 0.25) is 5.15 Å². The third-order valence-corrected chi connectivity index (χ3v) is 4.02. The van der Waals surface area contributed by atoms with Gasteiger partial charge in [0, 0.05) is 23.1 Å². The van der Waals surface area contributed by atoms with Crippen LogP contribution < -0.4 is 5.56 Å². The van der Waals surface area contributed by atoms with Gasteiger partial charge in [-0.05, 0) is 19.8 Å². The molecule has 0 radical (unpaired) electrons. The first kappa shape index (κ1) is 11.9. The van der Waals surface area contributed by atoms with E-state index in [9.17, 15) is 4.79 Å². The van der Waals surface area contributed by atoms with Crippen molar-refractivity contribution in [1.82, 2.24) is 14.5 Å². The number of aryl methyl sites for hydroxylation is 1. The van der Waals surface area contributed by atoms with Crippen LogP contribution >= 0.6 is 22.9 Å². The number of rotatable bonds is 3. The summed E-state index contributed by atoms with van der Waals surface area (Å²) in [6.45, 7) is 2.50. The van der Waals surface area contributed by atoms with E-state index in [2.05, 4.69) is 9.97 Å². The molecule has 3 rings (SSSR count). The first-order chi connectivity index (χ1) is 8.63. The molecule has 2 aromatic rings. The van der Waals surface area contributed by atoms with Gasteiger partial charge in [-0.3, -0.25) is 9.36 Å². The van der Waals surface area contributed by atoms with Crippen LogP contribution in [0.15, 0.2) is 17.1 Å². The van der Waals surface area contributed by atoms with Crippen LogP contribution in [-0.4, -0.2) is 14.5 Å². The summed E-state index contributed by atoms with van der Waals surface area (Å²) >= 11 is 7.47. The molecule has 2 aromatic heterocycles. The first-order valence-corrected chi connectivity index (χ1v) is 7.01. The maximum Gasteiger partial charge on any atom is 0.255 e. The molecule has 0 atom stereocenters. The van der Waals surface area contributed by atoms with Crippen molar-refractivity contribution in [3.63, 3.8) is 0 Å². The number of thiazole rings is 1. The Hall–Kier alpha value is -1.20. The van der Waals surface area contributed by atoms with Gasteiger partial charge in [0.25, 0.3) is 5.56 Å². The molecule has 1 fully saturated rings. The Morgan fingerprint density at radius 3 is 2.94 bits per heavy atom. The van der Waals surface area contributed by atoms with E-state index in [0.717, 1.165) is 28.6 Å². The molecule has 0 saturated heterocycles. The lowest BCUT2D eigenvalue weighted by Gasteiger charge is -2.10. The molecule has 4 nitrogen and oxygen atoms in total.